The van der Waals surface area contributed by atoms with Crippen LogP contribution in [0.5, 0.6) is 0 Å². The molecule has 4 rings (SSSR count). The van der Waals surface area contributed by atoms with Crippen LogP contribution in [0, 0.1) is 0 Å². The van der Waals surface area contributed by atoms with E-state index in [9.17, 15) is 14.4 Å². The first kappa shape index (κ1) is 19.7. The van der Waals surface area contributed by atoms with Crippen molar-refractivity contribution >= 4 is 46.5 Å². The fourth-order valence-corrected chi connectivity index (χ4v) is 4.22. The average Bonchev–Trinajstić information content (AvgIpc) is 2.75. The molecule has 0 spiro atoms. The Bertz CT molecular complexity index is 1100. The van der Waals surface area contributed by atoms with E-state index in [1.54, 1.807) is 36.4 Å². The first-order chi connectivity index (χ1) is 14.6. The van der Waals surface area contributed by atoms with Crippen molar-refractivity contribution < 1.29 is 14.4 Å². The fourth-order valence-electron chi connectivity index (χ4n) is 3.11. The van der Waals surface area contributed by atoms with E-state index in [1.807, 2.05) is 42.5 Å². The maximum Gasteiger partial charge on any atom is 0.257 e. The summed E-state index contributed by atoms with van der Waals surface area (Å²) in [5.74, 6) is -0.859. The van der Waals surface area contributed by atoms with E-state index < -0.39 is 5.25 Å². The van der Waals surface area contributed by atoms with Gasteiger partial charge >= 0.3 is 0 Å². The van der Waals surface area contributed by atoms with Gasteiger partial charge in [0.1, 0.15) is 0 Å². The number of hydrogen-bond donors (Lipinski definition) is 3. The molecule has 0 saturated heterocycles. The van der Waals surface area contributed by atoms with Crippen molar-refractivity contribution in [2.75, 3.05) is 16.0 Å². The molecule has 1 heterocycles. The van der Waals surface area contributed by atoms with Gasteiger partial charge in [-0.25, -0.2) is 0 Å². The smallest absolute Gasteiger partial charge is 0.257 e. The van der Waals surface area contributed by atoms with Crippen LogP contribution >= 0.6 is 11.8 Å². The molecule has 0 bridgehead atoms. The van der Waals surface area contributed by atoms with E-state index in [0.29, 0.717) is 16.9 Å². The lowest BCUT2D eigenvalue weighted by molar-refractivity contribution is -0.120. The molecule has 7 heteroatoms. The molecule has 0 aromatic heterocycles. The summed E-state index contributed by atoms with van der Waals surface area (Å²) in [5, 5.41) is 7.88. The monoisotopic (exact) mass is 417 g/mol. The summed E-state index contributed by atoms with van der Waals surface area (Å²) in [6.07, 6.45) is -0.000523. The molecule has 1 atom stereocenters. The van der Waals surface area contributed by atoms with E-state index in [1.165, 1.54) is 11.8 Å². The maximum atomic E-state index is 12.7. The molecule has 0 saturated carbocycles. The zero-order valence-electron chi connectivity index (χ0n) is 15.9. The lowest BCUT2D eigenvalue weighted by Crippen LogP contribution is -2.32. The number of carbonyl (C=O) groups excluding carboxylic acids is 3. The van der Waals surface area contributed by atoms with E-state index in [0.717, 1.165) is 10.6 Å². The maximum absolute atomic E-state index is 12.7. The van der Waals surface area contributed by atoms with Crippen molar-refractivity contribution in [3.63, 3.8) is 0 Å². The van der Waals surface area contributed by atoms with Gasteiger partial charge in [-0.3, -0.25) is 14.4 Å². The molecule has 0 aliphatic carbocycles. The summed E-state index contributed by atoms with van der Waals surface area (Å²) in [6.45, 7) is 0. The molecular weight excluding hydrogens is 398 g/mol. The number of rotatable bonds is 5. The van der Waals surface area contributed by atoms with Crippen molar-refractivity contribution in [3.8, 4) is 0 Å². The quantitative estimate of drug-likeness (QED) is 0.575. The molecule has 6 nitrogen and oxygen atoms in total. The number of fused-ring (bicyclic) bond motifs is 1. The number of amides is 3. The minimum atomic E-state index is -0.537. The lowest BCUT2D eigenvalue weighted by atomic mass is 10.1. The molecule has 0 fully saturated rings. The predicted molar refractivity (Wildman–Crippen MR) is 119 cm³/mol. The standard InChI is InChI=1S/C23H19N3O3S/c27-21(14-20-23(29)26-18-12-6-7-13-19(18)30-20)25-17-11-5-4-10-16(17)22(28)24-15-8-2-1-3-9-15/h1-13,20H,14H2,(H,24,28)(H,25,27)(H,26,29)/t20-/m0/s1. The average molecular weight is 417 g/mol. The van der Waals surface area contributed by atoms with Gasteiger partial charge in [-0.2, -0.15) is 0 Å². The first-order valence-corrected chi connectivity index (χ1v) is 10.3. The topological polar surface area (TPSA) is 87.3 Å². The van der Waals surface area contributed by atoms with Gasteiger partial charge in [0.2, 0.25) is 11.8 Å². The fraction of sp³-hybridized carbons (Fsp3) is 0.0870. The second-order valence-electron chi connectivity index (χ2n) is 6.71. The predicted octanol–water partition coefficient (Wildman–Crippen LogP) is 4.38. The zero-order valence-corrected chi connectivity index (χ0v) is 16.7. The van der Waals surface area contributed by atoms with Gasteiger partial charge in [-0.15, -0.1) is 11.8 Å². The van der Waals surface area contributed by atoms with Crippen LogP contribution in [-0.2, 0) is 9.59 Å². The van der Waals surface area contributed by atoms with Gasteiger partial charge < -0.3 is 16.0 Å². The van der Waals surface area contributed by atoms with Gasteiger partial charge in [-0.05, 0) is 36.4 Å². The van der Waals surface area contributed by atoms with Crippen LogP contribution in [-0.4, -0.2) is 23.0 Å². The molecule has 3 aromatic carbocycles. The van der Waals surface area contributed by atoms with Crippen LogP contribution in [0.1, 0.15) is 16.8 Å². The molecule has 30 heavy (non-hydrogen) atoms. The van der Waals surface area contributed by atoms with E-state index in [2.05, 4.69) is 16.0 Å². The highest BCUT2D eigenvalue weighted by molar-refractivity contribution is 8.01. The second kappa shape index (κ2) is 8.84. The summed E-state index contributed by atoms with van der Waals surface area (Å²) in [7, 11) is 0. The van der Waals surface area contributed by atoms with Crippen molar-refractivity contribution in [3.05, 3.63) is 84.4 Å². The van der Waals surface area contributed by atoms with Crippen molar-refractivity contribution in [1.29, 1.82) is 0 Å². The molecule has 0 unspecified atom stereocenters. The first-order valence-electron chi connectivity index (χ1n) is 9.42. The van der Waals surface area contributed by atoms with E-state index in [4.69, 9.17) is 0 Å². The van der Waals surface area contributed by atoms with Gasteiger partial charge in [0, 0.05) is 17.0 Å². The normalized spacial score (nSPS) is 14.9. The molecule has 150 valence electrons. The molecular formula is C23H19N3O3S. The molecule has 1 aliphatic rings. The third-order valence-electron chi connectivity index (χ3n) is 4.55. The Balaban J connectivity index is 1.44. The summed E-state index contributed by atoms with van der Waals surface area (Å²) in [5.41, 5.74) is 2.17. The largest absolute Gasteiger partial charge is 0.325 e. The highest BCUT2D eigenvalue weighted by Gasteiger charge is 2.29. The van der Waals surface area contributed by atoms with Crippen molar-refractivity contribution in [2.45, 2.75) is 16.6 Å². The minimum Gasteiger partial charge on any atom is -0.325 e. The van der Waals surface area contributed by atoms with Crippen LogP contribution in [0.2, 0.25) is 0 Å². The molecule has 3 amide bonds. The summed E-state index contributed by atoms with van der Waals surface area (Å²) in [4.78, 5) is 38.6. The molecule has 0 radical (unpaired) electrons. The number of carbonyl (C=O) groups is 3. The van der Waals surface area contributed by atoms with Gasteiger partial charge in [0.05, 0.1) is 22.2 Å². The highest BCUT2D eigenvalue weighted by Crippen LogP contribution is 2.36. The van der Waals surface area contributed by atoms with Crippen LogP contribution in [0.4, 0.5) is 17.1 Å². The minimum absolute atomic E-state index is 0.000523. The Morgan fingerprint density at radius 2 is 1.57 bits per heavy atom. The van der Waals surface area contributed by atoms with Crippen molar-refractivity contribution in [2.24, 2.45) is 0 Å². The van der Waals surface area contributed by atoms with Gasteiger partial charge in [-0.1, -0.05) is 42.5 Å². The second-order valence-corrected chi connectivity index (χ2v) is 7.95. The number of benzene rings is 3. The number of anilines is 3. The van der Waals surface area contributed by atoms with Crippen LogP contribution < -0.4 is 16.0 Å². The van der Waals surface area contributed by atoms with Gasteiger partial charge in [0.15, 0.2) is 0 Å². The number of nitrogens with one attached hydrogen (secondary N) is 3. The molecule has 3 N–H and O–H groups in total. The van der Waals surface area contributed by atoms with Crippen LogP contribution in [0.15, 0.2) is 83.8 Å². The Morgan fingerprint density at radius 3 is 2.40 bits per heavy atom. The third kappa shape index (κ3) is 4.52. The molecule has 1 aliphatic heterocycles. The number of para-hydroxylation sites is 3. The Labute approximate surface area is 178 Å². The zero-order chi connectivity index (χ0) is 20.9. The Kier molecular flexibility index (Phi) is 5.81. The third-order valence-corrected chi connectivity index (χ3v) is 5.83. The Hall–Kier alpha value is -3.58. The van der Waals surface area contributed by atoms with E-state index >= 15 is 0 Å². The summed E-state index contributed by atoms with van der Waals surface area (Å²) < 4.78 is 0. The van der Waals surface area contributed by atoms with E-state index in [-0.39, 0.29) is 24.1 Å². The summed E-state index contributed by atoms with van der Waals surface area (Å²) in [6, 6.07) is 23.4. The summed E-state index contributed by atoms with van der Waals surface area (Å²) >= 11 is 1.36. The van der Waals surface area contributed by atoms with Gasteiger partial charge in [0.25, 0.3) is 5.91 Å². The SMILES string of the molecule is O=C(C[C@@H]1Sc2ccccc2NC1=O)Nc1ccccc1C(=O)Nc1ccccc1. The highest BCUT2D eigenvalue weighted by atomic mass is 32.2. The number of hydrogen-bond acceptors (Lipinski definition) is 4. The Morgan fingerprint density at radius 1 is 0.867 bits per heavy atom. The lowest BCUT2D eigenvalue weighted by Gasteiger charge is -2.23. The van der Waals surface area contributed by atoms with Crippen molar-refractivity contribution in [1.82, 2.24) is 0 Å². The molecule has 3 aromatic rings. The van der Waals surface area contributed by atoms with Crippen LogP contribution in [0.3, 0.4) is 0 Å². The van der Waals surface area contributed by atoms with Crippen LogP contribution in [0.25, 0.3) is 0 Å². The number of thioether (sulfide) groups is 1.